The molecule has 0 saturated carbocycles. The van der Waals surface area contributed by atoms with Crippen LogP contribution in [-0.2, 0) is 0 Å². The van der Waals surface area contributed by atoms with Crippen LogP contribution in [0.5, 0.6) is 0 Å². The minimum Gasteiger partial charge on any atom is -0.277 e. The Morgan fingerprint density at radius 2 is 1.18 bits per heavy atom. The largest absolute Gasteiger partial charge is 0.277 e. The van der Waals surface area contributed by atoms with Crippen molar-refractivity contribution in [2.75, 3.05) is 0 Å². The Labute approximate surface area is 281 Å². The van der Waals surface area contributed by atoms with E-state index in [4.69, 9.17) is 15.0 Å². The van der Waals surface area contributed by atoms with Crippen molar-refractivity contribution < 1.29 is 0 Å². The van der Waals surface area contributed by atoms with Crippen molar-refractivity contribution in [3.63, 3.8) is 0 Å². The van der Waals surface area contributed by atoms with Crippen molar-refractivity contribution in [3.05, 3.63) is 158 Å². The van der Waals surface area contributed by atoms with Crippen LogP contribution in [-0.4, -0.2) is 19.5 Å². The Balaban J connectivity index is 1.36. The molecule has 0 aliphatic heterocycles. The summed E-state index contributed by atoms with van der Waals surface area (Å²) in [4.78, 5) is 15.7. The van der Waals surface area contributed by atoms with Crippen LogP contribution >= 0.6 is 0 Å². The van der Waals surface area contributed by atoms with Crippen LogP contribution in [0.1, 0.15) is 0 Å². The van der Waals surface area contributed by atoms with Crippen LogP contribution in [0.3, 0.4) is 0 Å². The second-order valence-electron chi connectivity index (χ2n) is 12.8. The lowest BCUT2D eigenvalue weighted by atomic mass is 9.92. The lowest BCUT2D eigenvalue weighted by molar-refractivity contribution is 1.02. The number of pyridine rings is 1. The van der Waals surface area contributed by atoms with E-state index in [1.54, 1.807) is 0 Å². The molecule has 4 nitrogen and oxygen atoms in total. The topological polar surface area (TPSA) is 43.6 Å². The summed E-state index contributed by atoms with van der Waals surface area (Å²) in [6.07, 6.45) is 3.94. The van der Waals surface area contributed by atoms with Gasteiger partial charge >= 0.3 is 0 Å². The number of nitrogens with zero attached hydrogens (tertiary/aromatic N) is 4. The predicted molar refractivity (Wildman–Crippen MR) is 202 cm³/mol. The summed E-state index contributed by atoms with van der Waals surface area (Å²) in [7, 11) is 0. The normalized spacial score (nSPS) is 12.1. The molecule has 1 aliphatic carbocycles. The number of para-hydroxylation sites is 1. The molecule has 4 heteroatoms. The Morgan fingerprint density at radius 1 is 0.449 bits per heavy atom. The molecule has 0 saturated heterocycles. The van der Waals surface area contributed by atoms with E-state index in [-0.39, 0.29) is 0 Å². The van der Waals surface area contributed by atoms with Gasteiger partial charge in [-0.2, -0.15) is 0 Å². The summed E-state index contributed by atoms with van der Waals surface area (Å²) in [6, 6.07) is 51.9. The van der Waals surface area contributed by atoms with E-state index in [0.717, 1.165) is 65.9 Å². The van der Waals surface area contributed by atoms with Crippen molar-refractivity contribution in [2.45, 2.75) is 0 Å². The summed E-state index contributed by atoms with van der Waals surface area (Å²) in [5.74, 6) is 0.646. The van der Waals surface area contributed by atoms with Crippen LogP contribution in [0.2, 0.25) is 0 Å². The van der Waals surface area contributed by atoms with Gasteiger partial charge in [0.2, 0.25) is 5.95 Å². The first-order valence-corrected chi connectivity index (χ1v) is 16.6. The van der Waals surface area contributed by atoms with E-state index < -0.39 is 0 Å². The van der Waals surface area contributed by atoms with E-state index >= 15 is 0 Å². The highest BCUT2D eigenvalue weighted by Crippen LogP contribution is 2.51. The summed E-state index contributed by atoms with van der Waals surface area (Å²) in [5.41, 5.74) is 12.1. The van der Waals surface area contributed by atoms with Crippen LogP contribution in [0.25, 0.3) is 105 Å². The molecular formula is C45H26N4. The molecule has 0 fully saturated rings. The van der Waals surface area contributed by atoms with Crippen molar-refractivity contribution >= 4 is 54.3 Å². The van der Waals surface area contributed by atoms with E-state index in [1.807, 2.05) is 12.4 Å². The minimum absolute atomic E-state index is 0.646. The van der Waals surface area contributed by atoms with E-state index in [0.29, 0.717) is 5.95 Å². The molecule has 49 heavy (non-hydrogen) atoms. The van der Waals surface area contributed by atoms with Crippen molar-refractivity contribution in [1.29, 1.82) is 0 Å². The van der Waals surface area contributed by atoms with Gasteiger partial charge in [0.05, 0.1) is 22.2 Å². The SMILES string of the molecule is c1ccc(-c2nc(-n3c4ccccc4c4ccc5c(c43)-c3cnccc3-c3cccc4cccc-5c34)nc3c2ccc2ccccc23)cc1. The summed E-state index contributed by atoms with van der Waals surface area (Å²) < 4.78 is 2.30. The number of benzene rings is 7. The smallest absolute Gasteiger partial charge is 0.235 e. The molecule has 0 unspecified atom stereocenters. The quantitative estimate of drug-likeness (QED) is 0.180. The van der Waals surface area contributed by atoms with Crippen LogP contribution in [0.15, 0.2) is 158 Å². The van der Waals surface area contributed by atoms with E-state index in [9.17, 15) is 0 Å². The van der Waals surface area contributed by atoms with Crippen molar-refractivity contribution in [2.24, 2.45) is 0 Å². The Bertz CT molecular complexity index is 2990. The molecule has 3 aromatic heterocycles. The average Bonchev–Trinajstić information content (AvgIpc) is 3.45. The van der Waals surface area contributed by atoms with Gasteiger partial charge in [0.25, 0.3) is 0 Å². The summed E-state index contributed by atoms with van der Waals surface area (Å²) in [6.45, 7) is 0. The fourth-order valence-corrected chi connectivity index (χ4v) is 8.15. The molecule has 0 N–H and O–H groups in total. The zero-order valence-corrected chi connectivity index (χ0v) is 26.3. The van der Waals surface area contributed by atoms with Gasteiger partial charge in [0.1, 0.15) is 0 Å². The maximum Gasteiger partial charge on any atom is 0.235 e. The second kappa shape index (κ2) is 9.93. The minimum atomic E-state index is 0.646. The molecule has 0 radical (unpaired) electrons. The highest BCUT2D eigenvalue weighted by atomic mass is 15.2. The molecule has 0 amide bonds. The maximum absolute atomic E-state index is 5.47. The molecule has 0 bridgehead atoms. The van der Waals surface area contributed by atoms with Gasteiger partial charge in [-0.3, -0.25) is 9.55 Å². The Kier molecular flexibility index (Phi) is 5.35. The molecule has 11 rings (SSSR count). The fourth-order valence-electron chi connectivity index (χ4n) is 8.15. The van der Waals surface area contributed by atoms with Gasteiger partial charge in [0, 0.05) is 50.6 Å². The molecular weight excluding hydrogens is 597 g/mol. The number of aromatic nitrogens is 4. The molecule has 10 aromatic rings. The molecule has 1 aliphatic rings. The zero-order chi connectivity index (χ0) is 32.1. The van der Waals surface area contributed by atoms with Crippen LogP contribution < -0.4 is 0 Å². The second-order valence-corrected chi connectivity index (χ2v) is 12.8. The fraction of sp³-hybridized carbons (Fsp3) is 0. The molecule has 7 aromatic carbocycles. The third kappa shape index (κ3) is 3.66. The third-order valence-electron chi connectivity index (χ3n) is 10.2. The summed E-state index contributed by atoms with van der Waals surface area (Å²) >= 11 is 0. The Hall–Kier alpha value is -6.65. The first-order chi connectivity index (χ1) is 24.3. The van der Waals surface area contributed by atoms with Gasteiger partial charge < -0.3 is 0 Å². The van der Waals surface area contributed by atoms with Gasteiger partial charge in [-0.15, -0.1) is 0 Å². The Morgan fingerprint density at radius 3 is 2.06 bits per heavy atom. The monoisotopic (exact) mass is 622 g/mol. The first kappa shape index (κ1) is 26.4. The zero-order valence-electron chi connectivity index (χ0n) is 26.3. The van der Waals surface area contributed by atoms with E-state index in [2.05, 4.69) is 150 Å². The number of hydrogen-bond acceptors (Lipinski definition) is 3. The lowest BCUT2D eigenvalue weighted by Crippen LogP contribution is -2.05. The maximum atomic E-state index is 5.47. The average molecular weight is 623 g/mol. The number of fused-ring (bicyclic) bond motifs is 12. The van der Waals surface area contributed by atoms with Crippen molar-refractivity contribution in [1.82, 2.24) is 19.5 Å². The third-order valence-corrected chi connectivity index (χ3v) is 10.2. The van der Waals surface area contributed by atoms with Crippen LogP contribution in [0, 0.1) is 0 Å². The number of rotatable bonds is 2. The van der Waals surface area contributed by atoms with Gasteiger partial charge in [-0.25, -0.2) is 9.97 Å². The highest BCUT2D eigenvalue weighted by Gasteiger charge is 2.27. The highest BCUT2D eigenvalue weighted by molar-refractivity contribution is 6.22. The molecule has 0 spiro atoms. The summed E-state index contributed by atoms with van der Waals surface area (Å²) in [5, 5.41) is 8.10. The standard InChI is InChI=1S/C45H26N4/c1-2-11-29(12-3-1)42-37-21-20-27-10-4-5-15-30(27)43(37)48-45(47-42)49-39-19-7-6-16-32(39)36-23-22-35-34-18-9-14-28-13-8-17-33(40(28)34)31-24-25-46-26-38(31)41(35)44(36)49/h1-26H. The van der Waals surface area contributed by atoms with Gasteiger partial charge in [-0.05, 0) is 56.6 Å². The number of hydrogen-bond donors (Lipinski definition) is 0. The molecule has 3 heterocycles. The van der Waals surface area contributed by atoms with Gasteiger partial charge in [0.15, 0.2) is 0 Å². The predicted octanol–water partition coefficient (Wildman–Crippen LogP) is 11.4. The molecule has 226 valence electrons. The first-order valence-electron chi connectivity index (χ1n) is 16.6. The van der Waals surface area contributed by atoms with E-state index in [1.165, 1.54) is 33.0 Å². The lowest BCUT2D eigenvalue weighted by Gasteiger charge is -2.16. The van der Waals surface area contributed by atoms with Crippen molar-refractivity contribution in [3.8, 4) is 50.6 Å². The van der Waals surface area contributed by atoms with Gasteiger partial charge in [-0.1, -0.05) is 127 Å². The van der Waals surface area contributed by atoms with Crippen LogP contribution in [0.4, 0.5) is 0 Å². The molecule has 0 atom stereocenters.